The molecule has 1 aromatic carbocycles. The van der Waals surface area contributed by atoms with Gasteiger partial charge in [0.1, 0.15) is 23.9 Å². The Hall–Kier alpha value is -4.40. The lowest BCUT2D eigenvalue weighted by molar-refractivity contribution is -0.147. The third kappa shape index (κ3) is 12.0. The van der Waals surface area contributed by atoms with Gasteiger partial charge in [0, 0.05) is 13.0 Å². The van der Waals surface area contributed by atoms with Gasteiger partial charge >= 0.3 is 11.9 Å². The Bertz CT molecular complexity index is 1060. The van der Waals surface area contributed by atoms with Crippen molar-refractivity contribution < 1.29 is 39.3 Å². The molecule has 0 aliphatic rings. The van der Waals surface area contributed by atoms with Crippen LogP contribution in [0.15, 0.2) is 29.3 Å². The van der Waals surface area contributed by atoms with Gasteiger partial charge in [-0.15, -0.1) is 0 Å². The topological polar surface area (TPSA) is 273 Å². The first-order valence-corrected chi connectivity index (χ1v) is 12.7. The maximum Gasteiger partial charge on any atom is 0.326 e. The minimum absolute atomic E-state index is 0.0321. The fourth-order valence-electron chi connectivity index (χ4n) is 3.60. The SMILES string of the molecule is CCC(C)C(NC(=O)C(N)CCCN=C(N)N)C(=O)NC(Cc1ccc(O)cc1)C(=O)NC(CC(=O)O)C(=O)O. The van der Waals surface area contributed by atoms with Crippen LogP contribution in [0.2, 0.25) is 0 Å². The second kappa shape index (κ2) is 16.5. The fourth-order valence-corrected chi connectivity index (χ4v) is 3.60. The van der Waals surface area contributed by atoms with E-state index in [0.717, 1.165) is 0 Å². The number of hydrogen-bond donors (Lipinski definition) is 9. The second-order valence-corrected chi connectivity index (χ2v) is 9.36. The highest BCUT2D eigenvalue weighted by atomic mass is 16.4. The normalized spacial score (nSPS) is 14.5. The van der Waals surface area contributed by atoms with Crippen LogP contribution in [0.1, 0.15) is 45.1 Å². The number of hydrogen-bond acceptors (Lipinski definition) is 8. The van der Waals surface area contributed by atoms with Crippen molar-refractivity contribution >= 4 is 35.6 Å². The Morgan fingerprint density at radius 2 is 1.52 bits per heavy atom. The number of carboxylic acid groups (broad SMARTS) is 2. The van der Waals surface area contributed by atoms with Crippen LogP contribution in [0, 0.1) is 5.92 Å². The number of amides is 3. The van der Waals surface area contributed by atoms with E-state index in [1.54, 1.807) is 13.8 Å². The number of nitrogens with two attached hydrogens (primary N) is 3. The minimum Gasteiger partial charge on any atom is -0.508 e. The van der Waals surface area contributed by atoms with Gasteiger partial charge in [0.05, 0.1) is 12.5 Å². The lowest BCUT2D eigenvalue weighted by atomic mass is 9.96. The summed E-state index contributed by atoms with van der Waals surface area (Å²) in [5.41, 5.74) is 17.0. The average Bonchev–Trinajstić information content (AvgIpc) is 2.88. The predicted octanol–water partition coefficient (Wildman–Crippen LogP) is -1.62. The van der Waals surface area contributed by atoms with Crippen LogP contribution >= 0.6 is 0 Å². The third-order valence-corrected chi connectivity index (χ3v) is 6.10. The van der Waals surface area contributed by atoms with Gasteiger partial charge in [-0.3, -0.25) is 24.2 Å². The van der Waals surface area contributed by atoms with Gasteiger partial charge in [-0.05, 0) is 36.5 Å². The summed E-state index contributed by atoms with van der Waals surface area (Å²) >= 11 is 0. The highest BCUT2D eigenvalue weighted by Gasteiger charge is 2.33. The van der Waals surface area contributed by atoms with Gasteiger partial charge < -0.3 is 48.5 Å². The Kier molecular flexibility index (Phi) is 13.9. The zero-order valence-corrected chi connectivity index (χ0v) is 22.5. The van der Waals surface area contributed by atoms with E-state index in [2.05, 4.69) is 20.9 Å². The quantitative estimate of drug-likeness (QED) is 0.0587. The maximum atomic E-state index is 13.4. The van der Waals surface area contributed by atoms with Gasteiger partial charge in [-0.25, -0.2) is 4.79 Å². The molecule has 15 nitrogen and oxygen atoms in total. The number of aliphatic carboxylic acids is 2. The molecule has 0 aromatic heterocycles. The van der Waals surface area contributed by atoms with E-state index in [0.29, 0.717) is 18.4 Å². The highest BCUT2D eigenvalue weighted by molar-refractivity contribution is 5.95. The first-order chi connectivity index (χ1) is 18.7. The number of benzene rings is 1. The number of phenols is 1. The third-order valence-electron chi connectivity index (χ3n) is 6.10. The van der Waals surface area contributed by atoms with Gasteiger partial charge in [-0.2, -0.15) is 0 Å². The summed E-state index contributed by atoms with van der Waals surface area (Å²) in [4.78, 5) is 65.5. The van der Waals surface area contributed by atoms with E-state index in [-0.39, 0.29) is 37.0 Å². The molecule has 1 aromatic rings. The Balaban J connectivity index is 3.11. The van der Waals surface area contributed by atoms with Crippen molar-refractivity contribution in [1.82, 2.24) is 16.0 Å². The summed E-state index contributed by atoms with van der Waals surface area (Å²) in [6.07, 6.45) is 0.134. The molecule has 0 spiro atoms. The molecule has 40 heavy (non-hydrogen) atoms. The monoisotopic (exact) mass is 565 g/mol. The molecule has 0 aliphatic carbocycles. The zero-order chi connectivity index (χ0) is 30.4. The van der Waals surface area contributed by atoms with Crippen molar-refractivity contribution in [2.75, 3.05) is 6.54 Å². The number of aromatic hydroxyl groups is 1. The molecule has 5 unspecified atom stereocenters. The van der Waals surface area contributed by atoms with Gasteiger partial charge in [0.2, 0.25) is 17.7 Å². The predicted molar refractivity (Wildman–Crippen MR) is 145 cm³/mol. The number of phenolic OH excluding ortho intramolecular Hbond substituents is 1. The molecule has 0 bridgehead atoms. The molecule has 0 saturated heterocycles. The zero-order valence-electron chi connectivity index (χ0n) is 22.5. The van der Waals surface area contributed by atoms with Gasteiger partial charge in [-0.1, -0.05) is 32.4 Å². The lowest BCUT2D eigenvalue weighted by Crippen LogP contribution is -2.59. The molecule has 0 saturated carbocycles. The largest absolute Gasteiger partial charge is 0.508 e. The van der Waals surface area contributed by atoms with E-state index in [1.165, 1.54) is 24.3 Å². The van der Waals surface area contributed by atoms with E-state index in [9.17, 15) is 34.2 Å². The molecule has 5 atom stereocenters. The summed E-state index contributed by atoms with van der Waals surface area (Å²) in [6.45, 7) is 3.79. The van der Waals surface area contributed by atoms with E-state index < -0.39 is 60.2 Å². The fraction of sp³-hybridized carbons (Fsp3) is 0.520. The number of carbonyl (C=O) groups excluding carboxylic acids is 3. The molecule has 12 N–H and O–H groups in total. The number of carbonyl (C=O) groups is 5. The van der Waals surface area contributed by atoms with E-state index >= 15 is 0 Å². The number of rotatable bonds is 17. The molecule has 0 radical (unpaired) electrons. The van der Waals surface area contributed by atoms with Crippen molar-refractivity contribution in [3.8, 4) is 5.75 Å². The summed E-state index contributed by atoms with van der Waals surface area (Å²) < 4.78 is 0. The highest BCUT2D eigenvalue weighted by Crippen LogP contribution is 2.14. The Morgan fingerprint density at radius 3 is 2.05 bits per heavy atom. The van der Waals surface area contributed by atoms with E-state index in [1.807, 2.05) is 0 Å². The standard InChI is InChI=1S/C25H39N7O8/c1-3-13(2)20(32-21(36)16(26)5-4-10-29-25(27)28)23(38)30-17(11-14-6-8-15(33)9-7-14)22(37)31-18(24(39)40)12-19(34)35/h6-9,13,16-18,20,33H,3-5,10-12,26H2,1-2H3,(H,30,38)(H,31,37)(H,32,36)(H,34,35)(H,39,40)(H4,27,28,29). The van der Waals surface area contributed by atoms with Crippen molar-refractivity contribution in [3.05, 3.63) is 29.8 Å². The van der Waals surface area contributed by atoms with Crippen LogP contribution in [0.5, 0.6) is 5.75 Å². The summed E-state index contributed by atoms with van der Waals surface area (Å²) in [7, 11) is 0. The van der Waals surface area contributed by atoms with Crippen LogP contribution in [-0.2, 0) is 30.4 Å². The Labute approximate surface area is 231 Å². The number of guanidine groups is 1. The number of aliphatic imine (C=N–C) groups is 1. The first kappa shape index (κ1) is 33.6. The molecule has 3 amide bonds. The van der Waals surface area contributed by atoms with Crippen LogP contribution < -0.4 is 33.2 Å². The molecule has 15 heteroatoms. The second-order valence-electron chi connectivity index (χ2n) is 9.36. The van der Waals surface area contributed by atoms with Crippen LogP contribution in [0.4, 0.5) is 0 Å². The maximum absolute atomic E-state index is 13.4. The molecule has 1 rings (SSSR count). The number of nitrogens with zero attached hydrogens (tertiary/aromatic N) is 1. The molecule has 0 fully saturated rings. The summed E-state index contributed by atoms with van der Waals surface area (Å²) in [5, 5.41) is 35.2. The van der Waals surface area contributed by atoms with Gasteiger partial charge in [0.25, 0.3) is 0 Å². The van der Waals surface area contributed by atoms with Crippen molar-refractivity contribution in [1.29, 1.82) is 0 Å². The molecular formula is C25H39N7O8. The van der Waals surface area contributed by atoms with Gasteiger partial charge in [0.15, 0.2) is 5.96 Å². The van der Waals surface area contributed by atoms with Crippen LogP contribution in [0.25, 0.3) is 0 Å². The molecule has 222 valence electrons. The average molecular weight is 566 g/mol. The number of nitrogens with one attached hydrogen (secondary N) is 3. The molecule has 0 heterocycles. The molecular weight excluding hydrogens is 526 g/mol. The van der Waals surface area contributed by atoms with Crippen LogP contribution in [-0.4, -0.2) is 81.7 Å². The molecule has 0 aliphatic heterocycles. The van der Waals surface area contributed by atoms with Crippen molar-refractivity contribution in [3.63, 3.8) is 0 Å². The van der Waals surface area contributed by atoms with Crippen molar-refractivity contribution in [2.24, 2.45) is 28.1 Å². The minimum atomic E-state index is -1.74. The Morgan fingerprint density at radius 1 is 0.925 bits per heavy atom. The summed E-state index contributed by atoms with van der Waals surface area (Å²) in [5.74, 6) is -5.78. The van der Waals surface area contributed by atoms with Crippen LogP contribution in [0.3, 0.4) is 0 Å². The van der Waals surface area contributed by atoms with E-state index in [4.69, 9.17) is 22.3 Å². The lowest BCUT2D eigenvalue weighted by Gasteiger charge is -2.28. The smallest absolute Gasteiger partial charge is 0.326 e. The number of carboxylic acids is 2. The summed E-state index contributed by atoms with van der Waals surface area (Å²) in [6, 6.07) is 0.602. The van der Waals surface area contributed by atoms with Crippen molar-refractivity contribution in [2.45, 2.75) is 70.1 Å². The first-order valence-electron chi connectivity index (χ1n) is 12.7.